The number of rotatable bonds is 1. The maximum Gasteiger partial charge on any atom is 0.121 e. The van der Waals surface area contributed by atoms with Crippen molar-refractivity contribution in [2.75, 3.05) is 0 Å². The number of aromatic nitrogens is 1. The van der Waals surface area contributed by atoms with Crippen molar-refractivity contribution in [2.24, 2.45) is 0 Å². The summed E-state index contributed by atoms with van der Waals surface area (Å²) in [6.07, 6.45) is 0. The van der Waals surface area contributed by atoms with Gasteiger partial charge < -0.3 is 0 Å². The van der Waals surface area contributed by atoms with Gasteiger partial charge in [-0.15, -0.1) is 11.3 Å². The van der Waals surface area contributed by atoms with Crippen molar-refractivity contribution < 1.29 is 0 Å². The number of hydrogen-bond acceptors (Lipinski definition) is 2. The van der Waals surface area contributed by atoms with Crippen molar-refractivity contribution in [1.82, 2.24) is 4.98 Å². The van der Waals surface area contributed by atoms with Crippen molar-refractivity contribution in [3.63, 3.8) is 0 Å². The van der Waals surface area contributed by atoms with Gasteiger partial charge >= 0.3 is 0 Å². The predicted molar refractivity (Wildman–Crippen MR) is 57.3 cm³/mol. The lowest BCUT2D eigenvalue weighted by atomic mass is 10.2. The van der Waals surface area contributed by atoms with Crippen LogP contribution in [0.25, 0.3) is 11.3 Å². The molecule has 1 heterocycles. The summed E-state index contributed by atoms with van der Waals surface area (Å²) in [7, 11) is 0. The summed E-state index contributed by atoms with van der Waals surface area (Å²) in [6, 6.07) is 9.98. The van der Waals surface area contributed by atoms with Gasteiger partial charge in [-0.1, -0.05) is 41.9 Å². The van der Waals surface area contributed by atoms with Crippen LogP contribution < -0.4 is 0 Å². The normalized spacial score (nSPS) is 10.3. The van der Waals surface area contributed by atoms with E-state index in [0.29, 0.717) is 0 Å². The van der Waals surface area contributed by atoms with Crippen molar-refractivity contribution in [3.05, 3.63) is 39.7 Å². The zero-order chi connectivity index (χ0) is 9.26. The molecule has 2 aromatic rings. The average Bonchev–Trinajstić information content (AvgIpc) is 2.47. The van der Waals surface area contributed by atoms with Gasteiger partial charge in [-0.2, -0.15) is 0 Å². The maximum atomic E-state index is 6.04. The SMILES string of the molecule is Cc1nc(-c2ccccc2)c(Cl)s1. The van der Waals surface area contributed by atoms with Gasteiger partial charge in [0.25, 0.3) is 0 Å². The first kappa shape index (κ1) is 8.73. The fourth-order valence-electron chi connectivity index (χ4n) is 1.18. The molecule has 0 saturated carbocycles. The van der Waals surface area contributed by atoms with E-state index in [4.69, 9.17) is 11.6 Å². The van der Waals surface area contributed by atoms with E-state index in [1.807, 2.05) is 37.3 Å². The Balaban J connectivity index is 2.53. The van der Waals surface area contributed by atoms with Gasteiger partial charge in [-0.25, -0.2) is 4.98 Å². The number of benzene rings is 1. The number of halogens is 1. The van der Waals surface area contributed by atoms with Crippen LogP contribution in [-0.2, 0) is 0 Å². The van der Waals surface area contributed by atoms with E-state index in [9.17, 15) is 0 Å². The molecule has 13 heavy (non-hydrogen) atoms. The van der Waals surface area contributed by atoms with E-state index >= 15 is 0 Å². The summed E-state index contributed by atoms with van der Waals surface area (Å²) in [4.78, 5) is 4.37. The molecule has 0 amide bonds. The van der Waals surface area contributed by atoms with Gasteiger partial charge in [0.15, 0.2) is 0 Å². The number of thiazole rings is 1. The second kappa shape index (κ2) is 3.48. The van der Waals surface area contributed by atoms with Crippen LogP contribution in [-0.4, -0.2) is 4.98 Å². The van der Waals surface area contributed by atoms with Crippen LogP contribution in [0.5, 0.6) is 0 Å². The number of hydrogen-bond donors (Lipinski definition) is 0. The maximum absolute atomic E-state index is 6.04. The molecule has 0 saturated heterocycles. The Hall–Kier alpha value is -0.860. The molecule has 0 aliphatic rings. The minimum Gasteiger partial charge on any atom is -0.240 e. The van der Waals surface area contributed by atoms with E-state index in [2.05, 4.69) is 4.98 Å². The standard InChI is InChI=1S/C10H8ClNS/c1-7-12-9(10(11)13-7)8-5-3-2-4-6-8/h2-6H,1H3. The second-order valence-electron chi connectivity index (χ2n) is 2.72. The van der Waals surface area contributed by atoms with Gasteiger partial charge in [0.05, 0.1) is 5.01 Å². The zero-order valence-corrected chi connectivity index (χ0v) is 8.69. The average molecular weight is 210 g/mol. The Morgan fingerprint density at radius 1 is 1.23 bits per heavy atom. The molecule has 0 atom stereocenters. The molecule has 0 N–H and O–H groups in total. The van der Waals surface area contributed by atoms with E-state index < -0.39 is 0 Å². The summed E-state index contributed by atoms with van der Waals surface area (Å²) < 4.78 is 0.767. The smallest absolute Gasteiger partial charge is 0.121 e. The van der Waals surface area contributed by atoms with E-state index in [0.717, 1.165) is 20.6 Å². The summed E-state index contributed by atoms with van der Waals surface area (Å²) in [6.45, 7) is 1.96. The van der Waals surface area contributed by atoms with Crippen LogP contribution in [0.2, 0.25) is 4.34 Å². The molecule has 0 radical (unpaired) electrons. The first-order valence-corrected chi connectivity index (χ1v) is 5.15. The third kappa shape index (κ3) is 1.74. The Bertz CT molecular complexity index is 408. The predicted octanol–water partition coefficient (Wildman–Crippen LogP) is 3.77. The molecule has 0 spiro atoms. The van der Waals surface area contributed by atoms with Crippen LogP contribution in [0.3, 0.4) is 0 Å². The highest BCUT2D eigenvalue weighted by Gasteiger charge is 2.07. The highest BCUT2D eigenvalue weighted by molar-refractivity contribution is 7.16. The lowest BCUT2D eigenvalue weighted by Crippen LogP contribution is -1.77. The molecule has 1 aromatic heterocycles. The minimum atomic E-state index is 0.767. The fraction of sp³-hybridized carbons (Fsp3) is 0.100. The van der Waals surface area contributed by atoms with Crippen LogP contribution in [0, 0.1) is 6.92 Å². The van der Waals surface area contributed by atoms with E-state index in [1.165, 1.54) is 11.3 Å². The number of aryl methyl sites for hydroxylation is 1. The molecule has 1 aromatic carbocycles. The Morgan fingerprint density at radius 2 is 1.92 bits per heavy atom. The van der Waals surface area contributed by atoms with E-state index in [1.54, 1.807) is 0 Å². The minimum absolute atomic E-state index is 0.767. The summed E-state index contributed by atoms with van der Waals surface area (Å²) in [5.74, 6) is 0. The molecule has 0 aliphatic carbocycles. The van der Waals surface area contributed by atoms with Crippen LogP contribution >= 0.6 is 22.9 Å². The van der Waals surface area contributed by atoms with E-state index in [-0.39, 0.29) is 0 Å². The van der Waals surface area contributed by atoms with Gasteiger partial charge in [0.1, 0.15) is 10.0 Å². The Labute approximate surface area is 86.0 Å². The van der Waals surface area contributed by atoms with Crippen LogP contribution in [0.15, 0.2) is 30.3 Å². The first-order valence-electron chi connectivity index (χ1n) is 3.96. The van der Waals surface area contributed by atoms with Crippen LogP contribution in [0.4, 0.5) is 0 Å². The Morgan fingerprint density at radius 3 is 2.46 bits per heavy atom. The highest BCUT2D eigenvalue weighted by Crippen LogP contribution is 2.31. The molecule has 1 nitrogen and oxygen atoms in total. The monoisotopic (exact) mass is 209 g/mol. The number of nitrogens with zero attached hydrogens (tertiary/aromatic N) is 1. The molecular formula is C10H8ClNS. The lowest BCUT2D eigenvalue weighted by molar-refractivity contribution is 1.30. The summed E-state index contributed by atoms with van der Waals surface area (Å²) in [5, 5.41) is 1.00. The van der Waals surface area contributed by atoms with Gasteiger partial charge in [-0.05, 0) is 6.92 Å². The lowest BCUT2D eigenvalue weighted by Gasteiger charge is -1.95. The first-order chi connectivity index (χ1) is 6.27. The largest absolute Gasteiger partial charge is 0.240 e. The molecule has 66 valence electrons. The molecular weight excluding hydrogens is 202 g/mol. The van der Waals surface area contributed by atoms with Crippen molar-refractivity contribution in [2.45, 2.75) is 6.92 Å². The Kier molecular flexibility index (Phi) is 2.34. The third-order valence-electron chi connectivity index (χ3n) is 1.74. The third-order valence-corrected chi connectivity index (χ3v) is 2.91. The van der Waals surface area contributed by atoms with Crippen LogP contribution in [0.1, 0.15) is 5.01 Å². The molecule has 0 bridgehead atoms. The summed E-state index contributed by atoms with van der Waals surface area (Å²) >= 11 is 7.55. The molecule has 0 unspecified atom stereocenters. The van der Waals surface area contributed by atoms with Crippen molar-refractivity contribution >= 4 is 22.9 Å². The fourth-order valence-corrected chi connectivity index (χ4v) is 2.32. The molecule has 0 aliphatic heterocycles. The second-order valence-corrected chi connectivity index (χ2v) is 4.53. The molecule has 2 rings (SSSR count). The van der Waals surface area contributed by atoms with Gasteiger partial charge in [0.2, 0.25) is 0 Å². The summed E-state index contributed by atoms with van der Waals surface area (Å²) in [5.41, 5.74) is 1.97. The van der Waals surface area contributed by atoms with Crippen molar-refractivity contribution in [3.8, 4) is 11.3 Å². The highest BCUT2D eigenvalue weighted by atomic mass is 35.5. The van der Waals surface area contributed by atoms with Gasteiger partial charge in [0, 0.05) is 5.56 Å². The quantitative estimate of drug-likeness (QED) is 0.697. The molecule has 3 heteroatoms. The topological polar surface area (TPSA) is 12.9 Å². The zero-order valence-electron chi connectivity index (χ0n) is 7.12. The molecule has 0 fully saturated rings. The van der Waals surface area contributed by atoms with Gasteiger partial charge in [-0.3, -0.25) is 0 Å². The van der Waals surface area contributed by atoms with Crippen molar-refractivity contribution in [1.29, 1.82) is 0 Å².